The number of aliphatic hydroxyl groups excluding tert-OH is 1. The molecule has 3 amide bonds. The van der Waals surface area contributed by atoms with Crippen molar-refractivity contribution in [3.05, 3.63) is 25.3 Å². The van der Waals surface area contributed by atoms with Crippen LogP contribution in [0.4, 0.5) is 0 Å². The van der Waals surface area contributed by atoms with Gasteiger partial charge in [-0.2, -0.15) is 0 Å². The molecule has 2 bridgehead atoms. The van der Waals surface area contributed by atoms with Crippen LogP contribution in [0.3, 0.4) is 0 Å². The fourth-order valence-electron chi connectivity index (χ4n) is 8.74. The summed E-state index contributed by atoms with van der Waals surface area (Å²) in [4.78, 5) is 49.5. The predicted octanol–water partition coefficient (Wildman–Crippen LogP) is 5.20. The van der Waals surface area contributed by atoms with E-state index in [2.05, 4.69) is 47.8 Å². The zero-order chi connectivity index (χ0) is 32.5. The van der Waals surface area contributed by atoms with E-state index in [9.17, 15) is 14.7 Å². The van der Waals surface area contributed by atoms with E-state index in [1.54, 1.807) is 22.0 Å². The second-order valence-corrected chi connectivity index (χ2v) is 15.4. The van der Waals surface area contributed by atoms with E-state index in [1.807, 2.05) is 32.6 Å². The van der Waals surface area contributed by atoms with Gasteiger partial charge < -0.3 is 24.5 Å². The van der Waals surface area contributed by atoms with Crippen molar-refractivity contribution in [2.75, 3.05) is 26.2 Å². The van der Waals surface area contributed by atoms with Gasteiger partial charge in [0, 0.05) is 25.2 Å². The number of likely N-dealkylation sites (tertiary alicyclic amines) is 1. The number of hydrogen-bond donors (Lipinski definition) is 1. The second kappa shape index (κ2) is 13.0. The molecule has 0 radical (unpaired) electrons. The van der Waals surface area contributed by atoms with Crippen molar-refractivity contribution in [3.8, 4) is 0 Å². The number of carbonyl (C=O) groups excluding carboxylic acids is 3. The van der Waals surface area contributed by atoms with Crippen LogP contribution < -0.4 is 0 Å². The van der Waals surface area contributed by atoms with E-state index in [0.717, 1.165) is 12.8 Å². The molecule has 8 nitrogen and oxygen atoms in total. The summed E-state index contributed by atoms with van der Waals surface area (Å²) < 4.78 is 7.05. The van der Waals surface area contributed by atoms with Gasteiger partial charge in [-0.1, -0.05) is 60.6 Å². The van der Waals surface area contributed by atoms with Crippen LogP contribution in [0.15, 0.2) is 25.3 Å². The molecule has 3 heterocycles. The number of ether oxygens (including phenoxy) is 1. The van der Waals surface area contributed by atoms with Crippen LogP contribution in [-0.4, -0.2) is 92.6 Å². The topological polar surface area (TPSA) is 90.4 Å². The molecule has 6 atom stereocenters. The maximum atomic E-state index is 15.1. The Morgan fingerprint density at radius 1 is 1.09 bits per heavy atom. The minimum atomic E-state index is -1.14. The lowest BCUT2D eigenvalue weighted by Crippen LogP contribution is -2.62. The van der Waals surface area contributed by atoms with E-state index in [1.165, 1.54) is 0 Å². The first kappa shape index (κ1) is 35.3. The predicted molar refractivity (Wildman–Crippen MR) is 171 cm³/mol. The molecule has 0 aromatic carbocycles. The highest BCUT2D eigenvalue weighted by molar-refractivity contribution is 5.99. The number of aliphatic hydroxyl groups is 1. The summed E-state index contributed by atoms with van der Waals surface area (Å²) >= 11 is 0. The van der Waals surface area contributed by atoms with Crippen molar-refractivity contribution in [2.45, 2.75) is 130 Å². The molecule has 0 aromatic rings. The summed E-state index contributed by atoms with van der Waals surface area (Å²) in [5.41, 5.74) is -2.55. The normalized spacial score (nSPS) is 29.1. The number of rotatable bonds is 15. The molecular formula is C35H59N3O5. The van der Waals surface area contributed by atoms with Crippen LogP contribution in [0.25, 0.3) is 0 Å². The number of nitrogens with zero attached hydrogens (tertiary/aromatic N) is 3. The number of amides is 3. The zero-order valence-electron chi connectivity index (χ0n) is 28.4. The van der Waals surface area contributed by atoms with Crippen LogP contribution in [-0.2, 0) is 19.1 Å². The molecule has 0 aromatic heterocycles. The van der Waals surface area contributed by atoms with E-state index in [4.69, 9.17) is 4.74 Å². The molecule has 0 aliphatic carbocycles. The van der Waals surface area contributed by atoms with Gasteiger partial charge in [0.25, 0.3) is 0 Å². The lowest BCUT2D eigenvalue weighted by Gasteiger charge is -2.46. The number of hydrogen-bond acceptors (Lipinski definition) is 5. The van der Waals surface area contributed by atoms with Gasteiger partial charge in [-0.3, -0.25) is 14.4 Å². The third-order valence-corrected chi connectivity index (χ3v) is 9.89. The summed E-state index contributed by atoms with van der Waals surface area (Å²) in [7, 11) is 0. The maximum Gasteiger partial charge on any atom is 0.249 e. The lowest BCUT2D eigenvalue weighted by atomic mass is 9.64. The molecule has 0 saturated carbocycles. The highest BCUT2D eigenvalue weighted by Gasteiger charge is 2.79. The molecule has 3 saturated heterocycles. The minimum Gasteiger partial charge on any atom is -0.394 e. The second-order valence-electron chi connectivity index (χ2n) is 15.4. The van der Waals surface area contributed by atoms with Crippen molar-refractivity contribution in [3.63, 3.8) is 0 Å². The molecule has 3 fully saturated rings. The Morgan fingerprint density at radius 2 is 1.72 bits per heavy atom. The Bertz CT molecular complexity index is 1060. The van der Waals surface area contributed by atoms with Crippen LogP contribution in [0.2, 0.25) is 0 Å². The molecule has 3 aliphatic heterocycles. The molecular weight excluding hydrogens is 542 g/mol. The first-order valence-electron chi connectivity index (χ1n) is 16.5. The molecule has 3 aliphatic rings. The molecule has 1 spiro atoms. The summed E-state index contributed by atoms with van der Waals surface area (Å²) in [5.74, 6) is -1.83. The van der Waals surface area contributed by atoms with Crippen molar-refractivity contribution in [1.82, 2.24) is 14.7 Å². The van der Waals surface area contributed by atoms with Gasteiger partial charge in [0.15, 0.2) is 0 Å². The minimum absolute atomic E-state index is 0.0551. The van der Waals surface area contributed by atoms with Gasteiger partial charge in [-0.05, 0) is 63.7 Å². The monoisotopic (exact) mass is 601 g/mol. The molecule has 8 heteroatoms. The summed E-state index contributed by atoms with van der Waals surface area (Å²) in [6.07, 6.45) is 7.22. The Labute approximate surface area is 260 Å². The Balaban J connectivity index is 2.23. The lowest BCUT2D eigenvalue weighted by molar-refractivity contribution is -0.161. The number of carbonyl (C=O) groups is 3. The fourth-order valence-corrected chi connectivity index (χ4v) is 8.74. The molecule has 244 valence electrons. The smallest absolute Gasteiger partial charge is 0.249 e. The average molecular weight is 602 g/mol. The third-order valence-electron chi connectivity index (χ3n) is 9.89. The molecule has 1 N–H and O–H groups in total. The standard InChI is InChI=1S/C35H59N3O5/c1-12-18-36(19-13-2)29(40)26-27-30(41)38(25(22-39)21-24(5)6)28(35(27)17-16-34(26,15-4)43-35)31(42)37(20-14-3)33(10,11)23-32(7,8)9/h12,14,24-28,39H,1,3,13,15-23H2,2,4-11H3/t25-,26+,27+,28?,34-,35?/m1/s1. The van der Waals surface area contributed by atoms with Gasteiger partial charge in [-0.15, -0.1) is 13.2 Å². The van der Waals surface area contributed by atoms with Crippen LogP contribution in [0.5, 0.6) is 0 Å². The summed E-state index contributed by atoms with van der Waals surface area (Å²) in [6.45, 7) is 27.6. The molecule has 43 heavy (non-hydrogen) atoms. The largest absolute Gasteiger partial charge is 0.394 e. The van der Waals surface area contributed by atoms with Crippen molar-refractivity contribution in [2.24, 2.45) is 23.2 Å². The van der Waals surface area contributed by atoms with E-state index >= 15 is 4.79 Å². The van der Waals surface area contributed by atoms with E-state index in [0.29, 0.717) is 45.3 Å². The van der Waals surface area contributed by atoms with Gasteiger partial charge >= 0.3 is 0 Å². The Hall–Kier alpha value is -2.19. The SMILES string of the molecule is C=CCN(CCC)C(=O)[C@@H]1[C@H]2C(=O)N([C@@H](CO)CC(C)C)C(C(=O)N(CC=C)C(C)(C)CC(C)(C)C)C23CC[C@@]1(CC)O3. The average Bonchev–Trinajstić information content (AvgIpc) is 3.51. The van der Waals surface area contributed by atoms with Gasteiger partial charge in [0.05, 0.1) is 30.1 Å². The van der Waals surface area contributed by atoms with Crippen molar-refractivity contribution >= 4 is 17.7 Å². The maximum absolute atomic E-state index is 15.1. The molecule has 3 rings (SSSR count). The van der Waals surface area contributed by atoms with Crippen molar-refractivity contribution < 1.29 is 24.2 Å². The van der Waals surface area contributed by atoms with Gasteiger partial charge in [-0.25, -0.2) is 0 Å². The number of fused-ring (bicyclic) bond motifs is 1. The van der Waals surface area contributed by atoms with Gasteiger partial charge in [0.1, 0.15) is 11.6 Å². The quantitative estimate of drug-likeness (QED) is 0.261. The fraction of sp³-hybridized carbons (Fsp3) is 0.800. The van der Waals surface area contributed by atoms with E-state index in [-0.39, 0.29) is 35.7 Å². The Morgan fingerprint density at radius 3 is 2.21 bits per heavy atom. The van der Waals surface area contributed by atoms with Crippen LogP contribution in [0, 0.1) is 23.2 Å². The summed E-state index contributed by atoms with van der Waals surface area (Å²) in [6, 6.07) is -1.50. The van der Waals surface area contributed by atoms with Crippen LogP contribution in [0.1, 0.15) is 101 Å². The highest BCUT2D eigenvalue weighted by Crippen LogP contribution is 2.65. The van der Waals surface area contributed by atoms with Gasteiger partial charge in [0.2, 0.25) is 17.7 Å². The first-order valence-corrected chi connectivity index (χ1v) is 16.5. The first-order chi connectivity index (χ1) is 20.0. The highest BCUT2D eigenvalue weighted by atomic mass is 16.5. The third kappa shape index (κ3) is 6.33. The molecule has 2 unspecified atom stereocenters. The van der Waals surface area contributed by atoms with Crippen LogP contribution >= 0.6 is 0 Å². The summed E-state index contributed by atoms with van der Waals surface area (Å²) in [5, 5.41) is 10.7. The zero-order valence-corrected chi connectivity index (χ0v) is 28.4. The van der Waals surface area contributed by atoms with Crippen molar-refractivity contribution in [1.29, 1.82) is 0 Å². The Kier molecular flexibility index (Phi) is 10.7. The van der Waals surface area contributed by atoms with E-state index < -0.39 is 40.7 Å².